The molecule has 0 fully saturated rings. The van der Waals surface area contributed by atoms with Crippen LogP contribution >= 0.6 is 23.2 Å². The first kappa shape index (κ1) is 13.9. The summed E-state index contributed by atoms with van der Waals surface area (Å²) >= 11 is 11.8. The minimum atomic E-state index is -0.275. The molecule has 1 unspecified atom stereocenters. The van der Waals surface area contributed by atoms with Crippen molar-refractivity contribution in [1.29, 1.82) is 0 Å². The van der Waals surface area contributed by atoms with Crippen molar-refractivity contribution < 1.29 is 4.39 Å². The van der Waals surface area contributed by atoms with Crippen molar-refractivity contribution in [2.75, 3.05) is 11.1 Å². The van der Waals surface area contributed by atoms with Gasteiger partial charge in [0, 0.05) is 6.04 Å². The summed E-state index contributed by atoms with van der Waals surface area (Å²) in [7, 11) is 0. The van der Waals surface area contributed by atoms with Gasteiger partial charge in [-0.3, -0.25) is 0 Å². The molecule has 0 aliphatic heterocycles. The van der Waals surface area contributed by atoms with E-state index in [0.29, 0.717) is 15.9 Å². The highest BCUT2D eigenvalue weighted by Gasteiger charge is 2.11. The molecule has 1 aromatic heterocycles. The van der Waals surface area contributed by atoms with Crippen LogP contribution in [0.25, 0.3) is 0 Å². The van der Waals surface area contributed by atoms with Crippen LogP contribution < -0.4 is 11.1 Å². The molecule has 3 N–H and O–H groups in total. The highest BCUT2D eigenvalue weighted by molar-refractivity contribution is 6.37. The third-order valence-electron chi connectivity index (χ3n) is 2.68. The van der Waals surface area contributed by atoms with Crippen molar-refractivity contribution in [2.45, 2.75) is 13.0 Å². The number of nitrogens with zero attached hydrogens (tertiary/aromatic N) is 1. The first-order valence-corrected chi connectivity index (χ1v) is 6.36. The van der Waals surface area contributed by atoms with Crippen molar-refractivity contribution in [3.63, 3.8) is 0 Å². The van der Waals surface area contributed by atoms with E-state index in [-0.39, 0.29) is 17.7 Å². The summed E-state index contributed by atoms with van der Waals surface area (Å²) in [6.07, 6.45) is 0. The lowest BCUT2D eigenvalue weighted by Gasteiger charge is -2.16. The van der Waals surface area contributed by atoms with E-state index in [1.165, 1.54) is 18.2 Å². The van der Waals surface area contributed by atoms with Crippen LogP contribution in [0, 0.1) is 5.82 Å². The van der Waals surface area contributed by atoms with Crippen molar-refractivity contribution in [1.82, 2.24) is 4.98 Å². The van der Waals surface area contributed by atoms with Crippen LogP contribution in [0.3, 0.4) is 0 Å². The third-order valence-corrected chi connectivity index (χ3v) is 3.27. The highest BCUT2D eigenvalue weighted by atomic mass is 35.5. The van der Waals surface area contributed by atoms with E-state index in [9.17, 15) is 4.39 Å². The van der Waals surface area contributed by atoms with Crippen molar-refractivity contribution >= 4 is 34.8 Å². The molecule has 2 rings (SSSR count). The van der Waals surface area contributed by atoms with Gasteiger partial charge >= 0.3 is 0 Å². The Morgan fingerprint density at radius 2 is 1.84 bits per heavy atom. The maximum absolute atomic E-state index is 12.9. The lowest BCUT2D eigenvalue weighted by atomic mass is 10.1. The SMILES string of the molecule is CC(Nc1nc(N)c(Cl)cc1Cl)c1ccc(F)cc1. The van der Waals surface area contributed by atoms with E-state index >= 15 is 0 Å². The van der Waals surface area contributed by atoms with Gasteiger partial charge in [-0.05, 0) is 30.7 Å². The first-order valence-electron chi connectivity index (χ1n) is 5.61. The summed E-state index contributed by atoms with van der Waals surface area (Å²) in [6, 6.07) is 7.63. The van der Waals surface area contributed by atoms with Gasteiger partial charge in [0.1, 0.15) is 17.5 Å². The Hall–Kier alpha value is -1.52. The van der Waals surface area contributed by atoms with E-state index in [4.69, 9.17) is 28.9 Å². The number of hydrogen-bond acceptors (Lipinski definition) is 3. The second kappa shape index (κ2) is 5.63. The molecular weight excluding hydrogens is 288 g/mol. The number of rotatable bonds is 3. The molecular formula is C13H12Cl2FN3. The molecule has 0 saturated carbocycles. The summed E-state index contributed by atoms with van der Waals surface area (Å²) in [5, 5.41) is 3.80. The number of nitrogen functional groups attached to an aromatic ring is 1. The molecule has 2 aromatic rings. The highest BCUT2D eigenvalue weighted by Crippen LogP contribution is 2.29. The fourth-order valence-electron chi connectivity index (χ4n) is 1.62. The Balaban J connectivity index is 2.21. The second-order valence-electron chi connectivity index (χ2n) is 4.10. The summed E-state index contributed by atoms with van der Waals surface area (Å²) in [6.45, 7) is 1.91. The van der Waals surface area contributed by atoms with Gasteiger partial charge in [0.25, 0.3) is 0 Å². The van der Waals surface area contributed by atoms with Crippen LogP contribution in [-0.2, 0) is 0 Å². The number of nitrogens with two attached hydrogens (primary N) is 1. The smallest absolute Gasteiger partial charge is 0.147 e. The maximum atomic E-state index is 12.9. The number of halogens is 3. The summed E-state index contributed by atoms with van der Waals surface area (Å²) in [4.78, 5) is 4.08. The number of aromatic nitrogens is 1. The molecule has 1 atom stereocenters. The van der Waals surface area contributed by atoms with Crippen LogP contribution in [-0.4, -0.2) is 4.98 Å². The Bertz CT molecular complexity index is 587. The Labute approximate surface area is 120 Å². The van der Waals surface area contributed by atoms with Crippen LogP contribution in [0.2, 0.25) is 10.0 Å². The van der Waals surface area contributed by atoms with Gasteiger partial charge in [-0.15, -0.1) is 0 Å². The number of nitrogens with one attached hydrogen (secondary N) is 1. The zero-order valence-corrected chi connectivity index (χ0v) is 11.6. The van der Waals surface area contributed by atoms with Gasteiger partial charge in [0.15, 0.2) is 0 Å². The molecule has 0 aliphatic rings. The van der Waals surface area contributed by atoms with E-state index in [0.717, 1.165) is 5.56 Å². The predicted molar refractivity (Wildman–Crippen MR) is 77.1 cm³/mol. The topological polar surface area (TPSA) is 50.9 Å². The summed E-state index contributed by atoms with van der Waals surface area (Å²) in [5.74, 6) is 0.378. The summed E-state index contributed by atoms with van der Waals surface area (Å²) < 4.78 is 12.9. The molecule has 0 saturated heterocycles. The number of benzene rings is 1. The zero-order chi connectivity index (χ0) is 14.0. The van der Waals surface area contributed by atoms with E-state index in [2.05, 4.69) is 10.3 Å². The Kier molecular flexibility index (Phi) is 4.12. The first-order chi connectivity index (χ1) is 8.97. The van der Waals surface area contributed by atoms with Crippen LogP contribution in [0.1, 0.15) is 18.5 Å². The minimum Gasteiger partial charge on any atom is -0.382 e. The predicted octanol–water partition coefficient (Wildman–Crippen LogP) is 4.28. The largest absolute Gasteiger partial charge is 0.382 e. The van der Waals surface area contributed by atoms with Crippen molar-refractivity contribution in [3.8, 4) is 0 Å². The van der Waals surface area contributed by atoms with E-state index < -0.39 is 0 Å². The molecule has 6 heteroatoms. The molecule has 19 heavy (non-hydrogen) atoms. The van der Waals surface area contributed by atoms with Crippen LogP contribution in [0.5, 0.6) is 0 Å². The van der Waals surface area contributed by atoms with Gasteiger partial charge < -0.3 is 11.1 Å². The Morgan fingerprint density at radius 1 is 1.21 bits per heavy atom. The lowest BCUT2D eigenvalue weighted by molar-refractivity contribution is 0.626. The van der Waals surface area contributed by atoms with Crippen LogP contribution in [0.4, 0.5) is 16.0 Å². The van der Waals surface area contributed by atoms with E-state index in [1.54, 1.807) is 12.1 Å². The van der Waals surface area contributed by atoms with Gasteiger partial charge in [0.2, 0.25) is 0 Å². The molecule has 3 nitrogen and oxygen atoms in total. The third kappa shape index (κ3) is 3.28. The molecule has 1 aromatic carbocycles. The monoisotopic (exact) mass is 299 g/mol. The van der Waals surface area contributed by atoms with Crippen LogP contribution in [0.15, 0.2) is 30.3 Å². The summed E-state index contributed by atoms with van der Waals surface area (Å²) in [5.41, 5.74) is 6.54. The van der Waals surface area contributed by atoms with Crippen molar-refractivity contribution in [2.24, 2.45) is 0 Å². The normalized spacial score (nSPS) is 12.2. The van der Waals surface area contributed by atoms with Gasteiger partial charge in [-0.2, -0.15) is 0 Å². The molecule has 0 spiro atoms. The van der Waals surface area contributed by atoms with E-state index in [1.807, 2.05) is 6.92 Å². The molecule has 0 amide bonds. The number of anilines is 2. The van der Waals surface area contributed by atoms with Gasteiger partial charge in [-0.1, -0.05) is 35.3 Å². The lowest BCUT2D eigenvalue weighted by Crippen LogP contribution is -2.09. The maximum Gasteiger partial charge on any atom is 0.147 e. The number of hydrogen-bond donors (Lipinski definition) is 2. The van der Waals surface area contributed by atoms with Gasteiger partial charge in [-0.25, -0.2) is 9.37 Å². The fraction of sp³-hybridized carbons (Fsp3) is 0.154. The average molecular weight is 300 g/mol. The minimum absolute atomic E-state index is 0.0915. The van der Waals surface area contributed by atoms with Gasteiger partial charge in [0.05, 0.1) is 10.0 Å². The molecule has 0 bridgehead atoms. The molecule has 100 valence electrons. The standard InChI is InChI=1S/C13H12Cl2FN3/c1-7(8-2-4-9(16)5-3-8)18-13-11(15)6-10(14)12(17)19-13/h2-7H,1H3,(H3,17,18,19). The fourth-order valence-corrected chi connectivity index (χ4v) is 2.04. The zero-order valence-electron chi connectivity index (χ0n) is 10.1. The molecule has 0 radical (unpaired) electrons. The average Bonchev–Trinajstić information content (AvgIpc) is 2.36. The second-order valence-corrected chi connectivity index (χ2v) is 4.92. The Morgan fingerprint density at radius 3 is 2.47 bits per heavy atom. The quantitative estimate of drug-likeness (QED) is 0.889. The molecule has 1 heterocycles. The van der Waals surface area contributed by atoms with Crippen molar-refractivity contribution in [3.05, 3.63) is 51.8 Å². The number of pyridine rings is 1. The molecule has 0 aliphatic carbocycles.